The van der Waals surface area contributed by atoms with Gasteiger partial charge in [-0.1, -0.05) is 76.2 Å². The Bertz CT molecular complexity index is 2030. The molecule has 306 valence electrons. The van der Waals surface area contributed by atoms with Gasteiger partial charge in [-0.25, -0.2) is 0 Å². The van der Waals surface area contributed by atoms with Gasteiger partial charge < -0.3 is 0 Å². The molecule has 0 aliphatic heterocycles. The smallest absolute Gasteiger partial charge is 0.282 e. The van der Waals surface area contributed by atoms with Gasteiger partial charge in [-0.15, -0.1) is 15.8 Å². The molecule has 12 nitrogen and oxygen atoms in total. The van der Waals surface area contributed by atoms with Crippen molar-refractivity contribution >= 4 is 56.3 Å². The van der Waals surface area contributed by atoms with Gasteiger partial charge in [-0.2, -0.15) is 33.7 Å². The average Bonchev–Trinajstić information content (AvgIpc) is 3.12. The van der Waals surface area contributed by atoms with Gasteiger partial charge in [0.05, 0.1) is 19.6 Å². The predicted molar refractivity (Wildman–Crippen MR) is 222 cm³/mol. The van der Waals surface area contributed by atoms with E-state index in [0.29, 0.717) is 0 Å². The fourth-order valence-corrected chi connectivity index (χ4v) is 15.8. The third-order valence-corrected chi connectivity index (χ3v) is 19.6. The van der Waals surface area contributed by atoms with Gasteiger partial charge in [0, 0.05) is 0 Å². The summed E-state index contributed by atoms with van der Waals surface area (Å²) in [5.74, 6) is 0.157. The molecule has 0 heterocycles. The van der Waals surface area contributed by atoms with E-state index in [1.165, 1.54) is 48.5 Å². The van der Waals surface area contributed by atoms with Gasteiger partial charge in [-0.05, 0) is 131 Å². The second kappa shape index (κ2) is 19.0. The highest BCUT2D eigenvalue weighted by molar-refractivity contribution is 7.86. The van der Waals surface area contributed by atoms with E-state index in [9.17, 15) is 51.9 Å². The van der Waals surface area contributed by atoms with Crippen LogP contribution >= 0.6 is 15.8 Å². The Kier molecular flexibility index (Phi) is 15.6. The van der Waals surface area contributed by atoms with E-state index in [1.807, 2.05) is 0 Å². The van der Waals surface area contributed by atoms with Crippen LogP contribution in [-0.4, -0.2) is 88.9 Å². The normalized spacial score (nSPS) is 16.1. The molecule has 0 saturated carbocycles. The van der Waals surface area contributed by atoms with Crippen LogP contribution in [0.3, 0.4) is 0 Å². The highest BCUT2D eigenvalue weighted by Crippen LogP contribution is 2.50. The Balaban J connectivity index is 1.62. The second-order valence-electron chi connectivity index (χ2n) is 14.3. The van der Waals surface area contributed by atoms with E-state index < -0.39 is 56.3 Å². The summed E-state index contributed by atoms with van der Waals surface area (Å²) in [6.45, 7) is 8.29. The van der Waals surface area contributed by atoms with Crippen LogP contribution in [0.15, 0.2) is 117 Å². The van der Waals surface area contributed by atoms with Gasteiger partial charge in [0.25, 0.3) is 40.5 Å². The van der Waals surface area contributed by atoms with Crippen molar-refractivity contribution in [3.8, 4) is 0 Å². The highest BCUT2D eigenvalue weighted by Gasteiger charge is 2.24. The lowest BCUT2D eigenvalue weighted by atomic mass is 10.0. The maximum absolute atomic E-state index is 11.7. The molecule has 18 heteroatoms. The Labute approximate surface area is 333 Å². The topological polar surface area (TPSA) is 217 Å². The molecule has 0 fully saturated rings. The summed E-state index contributed by atoms with van der Waals surface area (Å²) in [5, 5.41) is 0. The highest BCUT2D eigenvalue weighted by atomic mass is 32.2. The number of benzene rings is 4. The van der Waals surface area contributed by atoms with E-state index in [0.717, 1.165) is 59.2 Å². The molecule has 4 N–H and O–H groups in total. The largest absolute Gasteiger partial charge is 0.294 e. The van der Waals surface area contributed by atoms with Gasteiger partial charge in [0.15, 0.2) is 0 Å². The van der Waals surface area contributed by atoms with Crippen molar-refractivity contribution in [1.29, 1.82) is 0 Å². The van der Waals surface area contributed by atoms with E-state index in [-0.39, 0.29) is 43.3 Å². The van der Waals surface area contributed by atoms with Crippen molar-refractivity contribution in [1.82, 2.24) is 0 Å². The molecule has 56 heavy (non-hydrogen) atoms. The van der Waals surface area contributed by atoms with E-state index in [2.05, 4.69) is 27.7 Å². The zero-order valence-electron chi connectivity index (χ0n) is 31.4. The maximum atomic E-state index is 11.7. The molecule has 0 spiro atoms. The molecule has 0 aromatic heterocycles. The fraction of sp³-hybridized carbons (Fsp3) is 0.368. The Hall–Kier alpha value is -2.62. The fourth-order valence-electron chi connectivity index (χ4n) is 6.64. The summed E-state index contributed by atoms with van der Waals surface area (Å²) in [5.41, 5.74) is 3.67. The van der Waals surface area contributed by atoms with Crippen LogP contribution in [0.1, 0.15) is 73.6 Å². The molecule has 0 aliphatic rings. The molecule has 4 unspecified atom stereocenters. The molecule has 4 aromatic carbocycles. The van der Waals surface area contributed by atoms with Crippen molar-refractivity contribution in [2.24, 2.45) is 0 Å². The minimum Gasteiger partial charge on any atom is -0.282 e. The first-order chi connectivity index (χ1) is 25.9. The zero-order valence-corrected chi connectivity index (χ0v) is 36.4. The lowest BCUT2D eigenvalue weighted by Crippen LogP contribution is -2.13. The Morgan fingerprint density at radius 1 is 0.357 bits per heavy atom. The Morgan fingerprint density at radius 2 is 0.518 bits per heavy atom. The zero-order chi connectivity index (χ0) is 41.6. The van der Waals surface area contributed by atoms with Crippen LogP contribution in [0.4, 0.5) is 0 Å². The number of hydrogen-bond donors (Lipinski definition) is 4. The Morgan fingerprint density at radius 3 is 0.661 bits per heavy atom. The molecule has 0 bridgehead atoms. The molecule has 0 aliphatic carbocycles. The minimum atomic E-state index is -4.35. The van der Waals surface area contributed by atoms with E-state index in [4.69, 9.17) is 0 Å². The van der Waals surface area contributed by atoms with Crippen LogP contribution in [0.25, 0.3) is 0 Å². The summed E-state index contributed by atoms with van der Waals surface area (Å²) in [7, 11) is -18.7. The van der Waals surface area contributed by atoms with Crippen LogP contribution in [0.2, 0.25) is 0 Å². The van der Waals surface area contributed by atoms with Crippen molar-refractivity contribution < 1.29 is 51.9 Å². The molecule has 0 radical (unpaired) electrons. The first kappa shape index (κ1) is 46.1. The average molecular weight is 887 g/mol. The second-order valence-corrected chi connectivity index (χ2v) is 25.0. The number of hydrogen-bond acceptors (Lipinski definition) is 8. The monoisotopic (exact) mass is 886 g/mol. The summed E-state index contributed by atoms with van der Waals surface area (Å²) >= 11 is 0. The third-order valence-electron chi connectivity index (χ3n) is 9.85. The molecule has 0 saturated heterocycles. The van der Waals surface area contributed by atoms with Gasteiger partial charge >= 0.3 is 0 Å². The first-order valence-corrected chi connectivity index (χ1v) is 27.2. The molecular weight excluding hydrogens is 839 g/mol. The van der Waals surface area contributed by atoms with Gasteiger partial charge in [0.2, 0.25) is 0 Å². The van der Waals surface area contributed by atoms with Gasteiger partial charge in [-0.3, -0.25) is 18.2 Å². The van der Waals surface area contributed by atoms with Crippen LogP contribution in [0.5, 0.6) is 0 Å². The first-order valence-electron chi connectivity index (χ1n) is 17.7. The van der Waals surface area contributed by atoms with Crippen molar-refractivity contribution in [3.05, 3.63) is 119 Å². The predicted octanol–water partition coefficient (Wildman–Crippen LogP) is 8.15. The molecule has 4 atom stereocenters. The minimum absolute atomic E-state index is 0.0392. The quantitative estimate of drug-likeness (QED) is 0.0518. The lowest BCUT2D eigenvalue weighted by Gasteiger charge is -2.30. The number of rotatable bonds is 19. The van der Waals surface area contributed by atoms with Crippen molar-refractivity contribution in [2.45, 2.75) is 70.9 Å². The van der Waals surface area contributed by atoms with Crippen LogP contribution in [-0.2, 0) is 40.5 Å². The SMILES string of the molecule is CC(CP(CCP(CC(C)c1ccc(S(=O)(=O)O)cc1)CC(C)c1ccc(S(=O)(=O)O)cc1)CC(C)c1ccc(S(=O)(=O)O)cc1)c1ccc(S(=O)(=O)O)cc1. The summed E-state index contributed by atoms with van der Waals surface area (Å²) in [6.07, 6.45) is 4.97. The van der Waals surface area contributed by atoms with Crippen LogP contribution < -0.4 is 0 Å². The molecule has 0 amide bonds. The standard InChI is InChI=1S/C38H48O12P2S4/c1-27(31-5-13-35(14-6-31)53(39,40)41)23-51(24-28(2)32-7-15-36(16-8-32)54(42,43)44)21-22-52(25-29(3)33-9-17-37(18-10-33)55(45,46)47)26-30(4)34-11-19-38(20-12-34)56(48,49)50/h5-20,27-30H,21-26H2,1-4H3,(H,39,40,41)(H,42,43,44)(H,45,46,47)(H,48,49,50). The molecular formula is C38H48O12P2S4. The molecule has 4 rings (SSSR count). The maximum Gasteiger partial charge on any atom is 0.294 e. The third kappa shape index (κ3) is 13.5. The molecule has 4 aromatic rings. The summed E-state index contributed by atoms with van der Waals surface area (Å²) < 4.78 is 131. The van der Waals surface area contributed by atoms with E-state index in [1.54, 1.807) is 48.5 Å². The summed E-state index contributed by atoms with van der Waals surface area (Å²) in [4.78, 5) is -0.753. The summed E-state index contributed by atoms with van der Waals surface area (Å²) in [6, 6.07) is 24.7. The van der Waals surface area contributed by atoms with E-state index >= 15 is 0 Å². The lowest BCUT2D eigenvalue weighted by molar-refractivity contribution is 0.481. The van der Waals surface area contributed by atoms with Crippen LogP contribution in [0, 0.1) is 0 Å². The van der Waals surface area contributed by atoms with Crippen molar-refractivity contribution in [2.75, 3.05) is 37.0 Å². The van der Waals surface area contributed by atoms with Crippen molar-refractivity contribution in [3.63, 3.8) is 0 Å². The van der Waals surface area contributed by atoms with Gasteiger partial charge in [0.1, 0.15) is 0 Å².